The number of hydrogen-bond acceptors (Lipinski definition) is 3. The SMILES string of the molecule is COc1cccc(C(=O)NCc2ccccc2-c2cnn(C)c2)c1. The van der Waals surface area contributed by atoms with E-state index in [0.717, 1.165) is 16.7 Å². The van der Waals surface area contributed by atoms with E-state index in [0.29, 0.717) is 17.9 Å². The Bertz CT molecular complexity index is 855. The summed E-state index contributed by atoms with van der Waals surface area (Å²) in [5.74, 6) is 0.535. The highest BCUT2D eigenvalue weighted by Crippen LogP contribution is 2.23. The average Bonchev–Trinajstić information content (AvgIpc) is 3.06. The van der Waals surface area contributed by atoms with Crippen molar-refractivity contribution in [2.24, 2.45) is 7.05 Å². The van der Waals surface area contributed by atoms with Crippen molar-refractivity contribution in [3.8, 4) is 16.9 Å². The van der Waals surface area contributed by atoms with Crippen molar-refractivity contribution in [3.63, 3.8) is 0 Å². The second-order valence-electron chi connectivity index (χ2n) is 5.47. The molecule has 0 bridgehead atoms. The first-order valence-corrected chi connectivity index (χ1v) is 7.66. The van der Waals surface area contributed by atoms with E-state index in [4.69, 9.17) is 4.74 Å². The van der Waals surface area contributed by atoms with E-state index in [1.807, 2.05) is 49.8 Å². The minimum Gasteiger partial charge on any atom is -0.497 e. The van der Waals surface area contributed by atoms with Gasteiger partial charge in [-0.3, -0.25) is 9.48 Å². The summed E-state index contributed by atoms with van der Waals surface area (Å²) in [6.07, 6.45) is 3.78. The van der Waals surface area contributed by atoms with Crippen LogP contribution in [-0.4, -0.2) is 22.8 Å². The van der Waals surface area contributed by atoms with Gasteiger partial charge in [-0.1, -0.05) is 30.3 Å². The molecule has 2 aromatic carbocycles. The number of nitrogens with one attached hydrogen (secondary N) is 1. The van der Waals surface area contributed by atoms with Crippen molar-refractivity contribution in [2.45, 2.75) is 6.54 Å². The lowest BCUT2D eigenvalue weighted by atomic mass is 10.0. The van der Waals surface area contributed by atoms with E-state index in [1.165, 1.54) is 0 Å². The fourth-order valence-electron chi connectivity index (χ4n) is 2.56. The molecule has 0 fully saturated rings. The van der Waals surface area contributed by atoms with Crippen molar-refractivity contribution >= 4 is 5.91 Å². The fraction of sp³-hybridized carbons (Fsp3) is 0.158. The van der Waals surface area contributed by atoms with Crippen molar-refractivity contribution < 1.29 is 9.53 Å². The Morgan fingerprint density at radius 3 is 2.79 bits per heavy atom. The molecule has 5 nitrogen and oxygen atoms in total. The molecule has 0 aliphatic heterocycles. The lowest BCUT2D eigenvalue weighted by Crippen LogP contribution is -2.23. The van der Waals surface area contributed by atoms with Gasteiger partial charge in [-0.15, -0.1) is 0 Å². The molecule has 0 aliphatic carbocycles. The Hall–Kier alpha value is -3.08. The van der Waals surface area contributed by atoms with E-state index in [-0.39, 0.29) is 5.91 Å². The highest BCUT2D eigenvalue weighted by Gasteiger charge is 2.10. The van der Waals surface area contributed by atoms with Crippen LogP contribution in [0, 0.1) is 0 Å². The van der Waals surface area contributed by atoms with Gasteiger partial charge in [0, 0.05) is 30.9 Å². The maximum atomic E-state index is 12.4. The summed E-state index contributed by atoms with van der Waals surface area (Å²) in [6, 6.07) is 15.1. The normalized spacial score (nSPS) is 10.4. The molecule has 3 rings (SSSR count). The number of amides is 1. The van der Waals surface area contributed by atoms with Crippen molar-refractivity contribution in [1.29, 1.82) is 0 Å². The maximum Gasteiger partial charge on any atom is 0.251 e. The molecule has 1 N–H and O–H groups in total. The lowest BCUT2D eigenvalue weighted by molar-refractivity contribution is 0.0950. The van der Waals surface area contributed by atoms with Crippen LogP contribution in [0.4, 0.5) is 0 Å². The van der Waals surface area contributed by atoms with Crippen LogP contribution in [0.2, 0.25) is 0 Å². The van der Waals surface area contributed by atoms with Crippen LogP contribution in [0.3, 0.4) is 0 Å². The summed E-state index contributed by atoms with van der Waals surface area (Å²) in [4.78, 5) is 12.4. The van der Waals surface area contributed by atoms with Crippen LogP contribution < -0.4 is 10.1 Å². The third kappa shape index (κ3) is 3.46. The van der Waals surface area contributed by atoms with Gasteiger partial charge in [-0.25, -0.2) is 0 Å². The molecule has 0 aliphatic rings. The summed E-state index contributed by atoms with van der Waals surface area (Å²) in [7, 11) is 3.47. The summed E-state index contributed by atoms with van der Waals surface area (Å²) in [6.45, 7) is 0.446. The minimum absolute atomic E-state index is 0.130. The van der Waals surface area contributed by atoms with Crippen LogP contribution in [0.15, 0.2) is 60.9 Å². The maximum absolute atomic E-state index is 12.4. The van der Waals surface area contributed by atoms with Crippen LogP contribution in [-0.2, 0) is 13.6 Å². The molecule has 0 atom stereocenters. The number of carbonyl (C=O) groups is 1. The third-order valence-electron chi connectivity index (χ3n) is 3.80. The monoisotopic (exact) mass is 321 g/mol. The van der Waals surface area contributed by atoms with Crippen LogP contribution in [0.1, 0.15) is 15.9 Å². The van der Waals surface area contributed by atoms with E-state index in [2.05, 4.69) is 10.4 Å². The summed E-state index contributed by atoms with van der Waals surface area (Å²) in [5.41, 5.74) is 3.72. The zero-order valence-corrected chi connectivity index (χ0v) is 13.7. The fourth-order valence-corrected chi connectivity index (χ4v) is 2.56. The quantitative estimate of drug-likeness (QED) is 0.786. The van der Waals surface area contributed by atoms with Gasteiger partial charge in [0.15, 0.2) is 0 Å². The number of carbonyl (C=O) groups excluding carboxylic acids is 1. The van der Waals surface area contributed by atoms with Crippen LogP contribution in [0.5, 0.6) is 5.75 Å². The van der Waals surface area contributed by atoms with Gasteiger partial charge in [0.05, 0.1) is 13.3 Å². The Morgan fingerprint density at radius 2 is 2.04 bits per heavy atom. The van der Waals surface area contributed by atoms with E-state index in [9.17, 15) is 4.79 Å². The van der Waals surface area contributed by atoms with E-state index >= 15 is 0 Å². The van der Waals surface area contributed by atoms with Gasteiger partial charge >= 0.3 is 0 Å². The molecule has 5 heteroatoms. The molecule has 0 spiro atoms. The standard InChI is InChI=1S/C19H19N3O2/c1-22-13-16(12-21-22)18-9-4-3-6-15(18)11-20-19(23)14-7-5-8-17(10-14)24-2/h3-10,12-13H,11H2,1-2H3,(H,20,23). The highest BCUT2D eigenvalue weighted by atomic mass is 16.5. The first-order chi connectivity index (χ1) is 11.7. The smallest absolute Gasteiger partial charge is 0.251 e. The summed E-state index contributed by atoms with van der Waals surface area (Å²) in [5, 5.41) is 7.17. The molecule has 3 aromatic rings. The number of nitrogens with zero attached hydrogens (tertiary/aromatic N) is 2. The number of benzene rings is 2. The van der Waals surface area contributed by atoms with Crippen molar-refractivity contribution in [1.82, 2.24) is 15.1 Å². The lowest BCUT2D eigenvalue weighted by Gasteiger charge is -2.10. The molecule has 1 heterocycles. The zero-order valence-electron chi connectivity index (χ0n) is 13.7. The Balaban J connectivity index is 1.76. The van der Waals surface area contributed by atoms with E-state index in [1.54, 1.807) is 30.0 Å². The Labute approximate surface area is 140 Å². The molecule has 0 saturated heterocycles. The first kappa shape index (κ1) is 15.8. The number of aromatic nitrogens is 2. The average molecular weight is 321 g/mol. The van der Waals surface area contributed by atoms with E-state index < -0.39 is 0 Å². The number of hydrogen-bond donors (Lipinski definition) is 1. The summed E-state index contributed by atoms with van der Waals surface area (Å²) < 4.78 is 6.92. The topological polar surface area (TPSA) is 56.1 Å². The van der Waals surface area contributed by atoms with Gasteiger partial charge < -0.3 is 10.1 Å². The van der Waals surface area contributed by atoms with Crippen molar-refractivity contribution in [3.05, 3.63) is 72.1 Å². The zero-order chi connectivity index (χ0) is 16.9. The number of rotatable bonds is 5. The van der Waals surface area contributed by atoms with Gasteiger partial charge in [0.2, 0.25) is 0 Å². The van der Waals surface area contributed by atoms with Gasteiger partial charge in [0.25, 0.3) is 5.91 Å². The number of ether oxygens (including phenoxy) is 1. The molecular formula is C19H19N3O2. The summed E-state index contributed by atoms with van der Waals surface area (Å²) >= 11 is 0. The second-order valence-corrected chi connectivity index (χ2v) is 5.47. The molecule has 1 amide bonds. The molecule has 0 radical (unpaired) electrons. The molecule has 0 unspecified atom stereocenters. The predicted molar refractivity (Wildman–Crippen MR) is 92.8 cm³/mol. The van der Waals surface area contributed by atoms with Gasteiger partial charge in [-0.2, -0.15) is 5.10 Å². The van der Waals surface area contributed by atoms with Crippen molar-refractivity contribution in [2.75, 3.05) is 7.11 Å². The molecule has 1 aromatic heterocycles. The molecule has 24 heavy (non-hydrogen) atoms. The Kier molecular flexibility index (Phi) is 4.61. The number of aryl methyl sites for hydroxylation is 1. The molecule has 0 saturated carbocycles. The Morgan fingerprint density at radius 1 is 1.21 bits per heavy atom. The second kappa shape index (κ2) is 7.00. The molecule has 122 valence electrons. The minimum atomic E-state index is -0.130. The van der Waals surface area contributed by atoms with Gasteiger partial charge in [-0.05, 0) is 29.3 Å². The van der Waals surface area contributed by atoms with Crippen LogP contribution >= 0.6 is 0 Å². The number of methoxy groups -OCH3 is 1. The van der Waals surface area contributed by atoms with Crippen LogP contribution in [0.25, 0.3) is 11.1 Å². The third-order valence-corrected chi connectivity index (χ3v) is 3.80. The first-order valence-electron chi connectivity index (χ1n) is 7.66. The predicted octanol–water partition coefficient (Wildman–Crippen LogP) is 3.03. The molecular weight excluding hydrogens is 302 g/mol. The largest absolute Gasteiger partial charge is 0.497 e. The highest BCUT2D eigenvalue weighted by molar-refractivity contribution is 5.94. The van der Waals surface area contributed by atoms with Gasteiger partial charge in [0.1, 0.15) is 5.75 Å².